The minimum atomic E-state index is 0.0155. The number of aromatic nitrogens is 2. The van der Waals surface area contributed by atoms with Crippen LogP contribution < -0.4 is 10.2 Å². The summed E-state index contributed by atoms with van der Waals surface area (Å²) >= 11 is 0. The van der Waals surface area contributed by atoms with E-state index in [4.69, 9.17) is 0 Å². The molecule has 1 aromatic carbocycles. The van der Waals surface area contributed by atoms with E-state index in [0.717, 1.165) is 37.6 Å². The number of piperazine rings is 1. The molecule has 6 nitrogen and oxygen atoms in total. The third kappa shape index (κ3) is 4.32. The van der Waals surface area contributed by atoms with Crippen LogP contribution in [0.15, 0.2) is 36.4 Å². The maximum atomic E-state index is 12.5. The van der Waals surface area contributed by atoms with Crippen LogP contribution in [0.3, 0.4) is 0 Å². The van der Waals surface area contributed by atoms with Crippen LogP contribution in [0.1, 0.15) is 18.3 Å². The van der Waals surface area contributed by atoms with Crippen molar-refractivity contribution in [2.45, 2.75) is 33.4 Å². The maximum Gasteiger partial charge on any atom is 0.317 e. The highest BCUT2D eigenvalue weighted by atomic mass is 16.2. The monoisotopic (exact) mass is 341 g/mol. The van der Waals surface area contributed by atoms with Crippen molar-refractivity contribution >= 4 is 11.7 Å². The topological polar surface area (TPSA) is 53.4 Å². The first kappa shape index (κ1) is 17.3. The number of rotatable bonds is 4. The molecule has 1 saturated heterocycles. The highest BCUT2D eigenvalue weighted by Gasteiger charge is 2.22. The summed E-state index contributed by atoms with van der Waals surface area (Å²) in [6.45, 7) is 9.95. The second kappa shape index (κ2) is 7.59. The normalized spacial score (nSPS) is 16.0. The third-order valence-electron chi connectivity index (χ3n) is 4.61. The first-order valence-electron chi connectivity index (χ1n) is 8.89. The number of carbonyl (C=O) groups excluding carboxylic acids is 1. The summed E-state index contributed by atoms with van der Waals surface area (Å²) in [5, 5.41) is 7.56. The van der Waals surface area contributed by atoms with Crippen molar-refractivity contribution in [3.63, 3.8) is 0 Å². The predicted octanol–water partition coefficient (Wildman–Crippen LogP) is 2.42. The molecule has 1 fully saturated rings. The third-order valence-corrected chi connectivity index (χ3v) is 4.61. The standard InChI is InChI=1S/C19H27N5O/c1-15-13-17(3)24(21-15)14-16(2)20-19(25)23-11-9-22(10-12-23)18-7-5-4-6-8-18/h4-8,13,16H,9-12,14H2,1-3H3,(H,20,25). The fourth-order valence-electron chi connectivity index (χ4n) is 3.27. The van der Waals surface area contributed by atoms with Gasteiger partial charge >= 0.3 is 6.03 Å². The van der Waals surface area contributed by atoms with E-state index in [0.29, 0.717) is 6.54 Å². The summed E-state index contributed by atoms with van der Waals surface area (Å²) in [7, 11) is 0. The molecule has 2 amide bonds. The van der Waals surface area contributed by atoms with Gasteiger partial charge in [-0.1, -0.05) is 18.2 Å². The number of benzene rings is 1. The summed E-state index contributed by atoms with van der Waals surface area (Å²) in [6.07, 6.45) is 0. The number of nitrogens with one attached hydrogen (secondary N) is 1. The van der Waals surface area contributed by atoms with Gasteiger partial charge in [0.25, 0.3) is 0 Å². The lowest BCUT2D eigenvalue weighted by Crippen LogP contribution is -2.53. The van der Waals surface area contributed by atoms with Crippen LogP contribution in [-0.4, -0.2) is 52.9 Å². The van der Waals surface area contributed by atoms with Gasteiger partial charge in [0.15, 0.2) is 0 Å². The first-order chi connectivity index (χ1) is 12.0. The minimum Gasteiger partial charge on any atom is -0.368 e. The van der Waals surface area contributed by atoms with Crippen LogP contribution >= 0.6 is 0 Å². The fourth-order valence-corrected chi connectivity index (χ4v) is 3.27. The fraction of sp³-hybridized carbons (Fsp3) is 0.474. The molecule has 1 atom stereocenters. The lowest BCUT2D eigenvalue weighted by atomic mass is 10.2. The zero-order valence-corrected chi connectivity index (χ0v) is 15.3. The molecule has 1 aromatic heterocycles. The Labute approximate surface area is 149 Å². The first-order valence-corrected chi connectivity index (χ1v) is 8.89. The van der Waals surface area contributed by atoms with E-state index in [1.807, 2.05) is 36.4 Å². The molecular formula is C19H27N5O. The van der Waals surface area contributed by atoms with Crippen molar-refractivity contribution in [3.05, 3.63) is 47.8 Å². The van der Waals surface area contributed by atoms with E-state index in [1.54, 1.807) is 0 Å². The summed E-state index contributed by atoms with van der Waals surface area (Å²) in [4.78, 5) is 16.7. The number of hydrogen-bond acceptors (Lipinski definition) is 3. The lowest BCUT2D eigenvalue weighted by molar-refractivity contribution is 0.189. The van der Waals surface area contributed by atoms with E-state index in [2.05, 4.69) is 45.6 Å². The van der Waals surface area contributed by atoms with Gasteiger partial charge < -0.3 is 15.1 Å². The Morgan fingerprint density at radius 3 is 2.44 bits per heavy atom. The van der Waals surface area contributed by atoms with Crippen LogP contribution in [-0.2, 0) is 6.54 Å². The minimum absolute atomic E-state index is 0.0155. The number of anilines is 1. The van der Waals surface area contributed by atoms with Gasteiger partial charge in [0.1, 0.15) is 0 Å². The molecule has 134 valence electrons. The molecule has 25 heavy (non-hydrogen) atoms. The molecular weight excluding hydrogens is 314 g/mol. The zero-order valence-electron chi connectivity index (χ0n) is 15.3. The Bertz CT molecular complexity index is 704. The molecule has 0 bridgehead atoms. The zero-order chi connectivity index (χ0) is 17.8. The molecule has 3 rings (SSSR count). The Balaban J connectivity index is 1.48. The van der Waals surface area contributed by atoms with Crippen LogP contribution in [0.25, 0.3) is 0 Å². The average Bonchev–Trinajstić information content (AvgIpc) is 2.92. The van der Waals surface area contributed by atoms with Crippen LogP contribution in [0.5, 0.6) is 0 Å². The quantitative estimate of drug-likeness (QED) is 0.929. The molecule has 0 saturated carbocycles. The largest absolute Gasteiger partial charge is 0.368 e. The van der Waals surface area contributed by atoms with Gasteiger partial charge in [-0.05, 0) is 39.0 Å². The van der Waals surface area contributed by atoms with E-state index >= 15 is 0 Å². The van der Waals surface area contributed by atoms with E-state index in [1.165, 1.54) is 5.69 Å². The number of para-hydroxylation sites is 1. The molecule has 0 radical (unpaired) electrons. The van der Waals surface area contributed by atoms with Crippen LogP contribution in [0.4, 0.5) is 10.5 Å². The number of aryl methyl sites for hydroxylation is 2. The number of nitrogens with zero attached hydrogens (tertiary/aromatic N) is 4. The van der Waals surface area contributed by atoms with Gasteiger partial charge in [0.2, 0.25) is 0 Å². The summed E-state index contributed by atoms with van der Waals surface area (Å²) < 4.78 is 1.95. The van der Waals surface area contributed by atoms with Gasteiger partial charge in [-0.3, -0.25) is 4.68 Å². The molecule has 1 N–H and O–H groups in total. The molecule has 0 aliphatic carbocycles. The smallest absolute Gasteiger partial charge is 0.317 e. The summed E-state index contributed by atoms with van der Waals surface area (Å²) in [5.74, 6) is 0. The lowest BCUT2D eigenvalue weighted by Gasteiger charge is -2.36. The van der Waals surface area contributed by atoms with Gasteiger partial charge in [-0.15, -0.1) is 0 Å². The van der Waals surface area contributed by atoms with E-state index in [9.17, 15) is 4.79 Å². The number of urea groups is 1. The second-order valence-electron chi connectivity index (χ2n) is 6.77. The maximum absolute atomic E-state index is 12.5. The highest BCUT2D eigenvalue weighted by Crippen LogP contribution is 2.15. The molecule has 1 aliphatic heterocycles. The Hall–Kier alpha value is -2.50. The number of carbonyl (C=O) groups is 1. The SMILES string of the molecule is Cc1cc(C)n(CC(C)NC(=O)N2CCN(c3ccccc3)CC2)n1. The number of hydrogen-bond donors (Lipinski definition) is 1. The second-order valence-corrected chi connectivity index (χ2v) is 6.77. The van der Waals surface area contributed by atoms with Gasteiger partial charge in [-0.25, -0.2) is 4.79 Å². The number of amides is 2. The van der Waals surface area contributed by atoms with Gasteiger partial charge in [0.05, 0.1) is 12.2 Å². The predicted molar refractivity (Wildman–Crippen MR) is 99.9 cm³/mol. The van der Waals surface area contributed by atoms with Crippen molar-refractivity contribution < 1.29 is 4.79 Å². The van der Waals surface area contributed by atoms with Crippen molar-refractivity contribution in [1.29, 1.82) is 0 Å². The summed E-state index contributed by atoms with van der Waals surface area (Å²) in [5.41, 5.74) is 3.35. The summed E-state index contributed by atoms with van der Waals surface area (Å²) in [6, 6.07) is 12.5. The van der Waals surface area contributed by atoms with Crippen LogP contribution in [0.2, 0.25) is 0 Å². The molecule has 1 aliphatic rings. The molecule has 0 spiro atoms. The Morgan fingerprint density at radius 1 is 1.16 bits per heavy atom. The van der Waals surface area contributed by atoms with Crippen molar-refractivity contribution in [3.8, 4) is 0 Å². The highest BCUT2D eigenvalue weighted by molar-refractivity contribution is 5.74. The Morgan fingerprint density at radius 2 is 1.84 bits per heavy atom. The van der Waals surface area contributed by atoms with E-state index in [-0.39, 0.29) is 12.1 Å². The van der Waals surface area contributed by atoms with E-state index < -0.39 is 0 Å². The molecule has 1 unspecified atom stereocenters. The van der Waals surface area contributed by atoms with Gasteiger partial charge in [-0.2, -0.15) is 5.10 Å². The molecule has 2 aromatic rings. The molecule has 6 heteroatoms. The average molecular weight is 341 g/mol. The molecule has 2 heterocycles. The van der Waals surface area contributed by atoms with Crippen molar-refractivity contribution in [2.24, 2.45) is 0 Å². The Kier molecular flexibility index (Phi) is 5.26. The van der Waals surface area contributed by atoms with Crippen molar-refractivity contribution in [1.82, 2.24) is 20.0 Å². The van der Waals surface area contributed by atoms with Crippen molar-refractivity contribution in [2.75, 3.05) is 31.1 Å². The van der Waals surface area contributed by atoms with Crippen LogP contribution in [0, 0.1) is 13.8 Å². The van der Waals surface area contributed by atoms with Gasteiger partial charge in [0, 0.05) is 43.6 Å².